The number of anilines is 1. The zero-order valence-electron chi connectivity index (χ0n) is 15.4. The number of hydrogen-bond donors (Lipinski definition) is 2. The van der Waals surface area contributed by atoms with E-state index in [0.29, 0.717) is 18.9 Å². The van der Waals surface area contributed by atoms with Crippen LogP contribution in [-0.4, -0.2) is 32.1 Å². The van der Waals surface area contributed by atoms with Crippen LogP contribution in [0.15, 0.2) is 71.0 Å². The van der Waals surface area contributed by atoms with E-state index in [4.69, 9.17) is 4.42 Å². The first-order valence-electron chi connectivity index (χ1n) is 8.97. The molecule has 1 amide bonds. The van der Waals surface area contributed by atoms with Crippen molar-refractivity contribution >= 4 is 23.3 Å². The van der Waals surface area contributed by atoms with Crippen molar-refractivity contribution in [3.05, 3.63) is 77.0 Å². The fourth-order valence-electron chi connectivity index (χ4n) is 2.74. The summed E-state index contributed by atoms with van der Waals surface area (Å²) in [5.74, 6) is 0.0724. The minimum atomic E-state index is -0.476. The maximum atomic E-state index is 12.9. The van der Waals surface area contributed by atoms with E-state index in [1.54, 1.807) is 36.2 Å². The molecule has 2 N–H and O–H groups in total. The lowest BCUT2D eigenvalue weighted by Crippen LogP contribution is -2.41. The van der Waals surface area contributed by atoms with Gasteiger partial charge < -0.3 is 9.73 Å². The monoisotopic (exact) mass is 406 g/mol. The van der Waals surface area contributed by atoms with Crippen LogP contribution in [-0.2, 0) is 17.8 Å². The van der Waals surface area contributed by atoms with Crippen molar-refractivity contribution in [3.8, 4) is 11.5 Å². The van der Waals surface area contributed by atoms with Crippen molar-refractivity contribution in [2.45, 2.75) is 19.0 Å². The van der Waals surface area contributed by atoms with E-state index in [9.17, 15) is 4.79 Å². The third-order valence-corrected chi connectivity index (χ3v) is 4.97. The molecule has 8 nitrogen and oxygen atoms in total. The van der Waals surface area contributed by atoms with E-state index >= 15 is 0 Å². The Morgan fingerprint density at radius 3 is 2.66 bits per heavy atom. The predicted octanol–water partition coefficient (Wildman–Crippen LogP) is 2.93. The molecule has 1 aromatic carbocycles. The summed E-state index contributed by atoms with van der Waals surface area (Å²) in [7, 11) is 0. The lowest BCUT2D eigenvalue weighted by atomic mass is 10.1. The van der Waals surface area contributed by atoms with Gasteiger partial charge in [0.1, 0.15) is 0 Å². The molecule has 1 atom stereocenters. The van der Waals surface area contributed by atoms with E-state index in [-0.39, 0.29) is 11.9 Å². The summed E-state index contributed by atoms with van der Waals surface area (Å²) in [6.45, 7) is 0.543. The van der Waals surface area contributed by atoms with Crippen molar-refractivity contribution in [1.29, 1.82) is 0 Å². The molecule has 0 saturated heterocycles. The number of benzene rings is 1. The van der Waals surface area contributed by atoms with Crippen molar-refractivity contribution in [1.82, 2.24) is 25.5 Å². The van der Waals surface area contributed by atoms with Gasteiger partial charge in [-0.2, -0.15) is 0 Å². The number of hydrogen-bond acceptors (Lipinski definition) is 8. The van der Waals surface area contributed by atoms with Gasteiger partial charge >= 0.3 is 6.01 Å². The largest absolute Gasteiger partial charge is 0.403 e. The van der Waals surface area contributed by atoms with Gasteiger partial charge in [-0.1, -0.05) is 35.4 Å². The lowest BCUT2D eigenvalue weighted by Gasteiger charge is -2.17. The van der Waals surface area contributed by atoms with Crippen LogP contribution < -0.4 is 10.6 Å². The van der Waals surface area contributed by atoms with E-state index < -0.39 is 6.04 Å². The normalized spacial score (nSPS) is 11.9. The third-order valence-electron chi connectivity index (χ3n) is 4.19. The molecule has 0 aliphatic rings. The molecule has 0 aliphatic carbocycles. The molecule has 0 unspecified atom stereocenters. The van der Waals surface area contributed by atoms with Gasteiger partial charge in [0.15, 0.2) is 0 Å². The van der Waals surface area contributed by atoms with Crippen molar-refractivity contribution in [3.63, 3.8) is 0 Å². The van der Waals surface area contributed by atoms with Gasteiger partial charge in [-0.25, -0.2) is 0 Å². The molecule has 0 bridgehead atoms. The summed E-state index contributed by atoms with van der Waals surface area (Å²) in [4.78, 5) is 22.0. The highest BCUT2D eigenvalue weighted by Crippen LogP contribution is 2.19. The van der Waals surface area contributed by atoms with Crippen molar-refractivity contribution in [2.24, 2.45) is 0 Å². The molecular formula is C20H18N6O2S. The number of carbonyl (C=O) groups excluding carboxylic acids is 1. The number of carbonyl (C=O) groups is 1. The van der Waals surface area contributed by atoms with Crippen LogP contribution in [0, 0.1) is 0 Å². The predicted molar refractivity (Wildman–Crippen MR) is 109 cm³/mol. The number of amides is 1. The van der Waals surface area contributed by atoms with Gasteiger partial charge in [0, 0.05) is 35.6 Å². The molecule has 0 aliphatic heterocycles. The Labute approximate surface area is 171 Å². The third kappa shape index (κ3) is 5.09. The summed E-state index contributed by atoms with van der Waals surface area (Å²) in [5, 5.41) is 13.9. The summed E-state index contributed by atoms with van der Waals surface area (Å²) in [5.41, 5.74) is 3.55. The van der Waals surface area contributed by atoms with Gasteiger partial charge in [0.25, 0.3) is 0 Å². The number of pyridine rings is 1. The Bertz CT molecular complexity index is 1040. The first kappa shape index (κ1) is 18.9. The molecule has 3 aromatic heterocycles. The molecule has 29 heavy (non-hydrogen) atoms. The van der Waals surface area contributed by atoms with Crippen LogP contribution >= 0.6 is 11.3 Å². The van der Waals surface area contributed by atoms with Gasteiger partial charge in [0.05, 0.1) is 11.6 Å². The van der Waals surface area contributed by atoms with E-state index in [2.05, 4.69) is 30.8 Å². The Balaban J connectivity index is 1.46. The highest BCUT2D eigenvalue weighted by Gasteiger charge is 2.21. The summed E-state index contributed by atoms with van der Waals surface area (Å²) in [6, 6.07) is 12.9. The number of nitrogens with one attached hydrogen (secondary N) is 2. The zero-order valence-corrected chi connectivity index (χ0v) is 16.2. The molecule has 4 aromatic rings. The number of thiazole rings is 1. The highest BCUT2D eigenvalue weighted by molar-refractivity contribution is 7.09. The number of aromatic nitrogens is 4. The van der Waals surface area contributed by atoms with Crippen LogP contribution in [0.25, 0.3) is 11.5 Å². The zero-order chi connectivity index (χ0) is 19.9. The summed E-state index contributed by atoms with van der Waals surface area (Å²) < 4.78 is 5.57. The van der Waals surface area contributed by atoms with Crippen molar-refractivity contribution in [2.75, 3.05) is 5.32 Å². The number of rotatable bonds is 8. The maximum Gasteiger partial charge on any atom is 0.322 e. The average Bonchev–Trinajstić information content (AvgIpc) is 3.45. The smallest absolute Gasteiger partial charge is 0.322 e. The summed E-state index contributed by atoms with van der Waals surface area (Å²) in [6.07, 6.45) is 5.58. The van der Waals surface area contributed by atoms with Gasteiger partial charge in [-0.15, -0.1) is 16.4 Å². The Hall–Kier alpha value is -3.43. The second-order valence-electron chi connectivity index (χ2n) is 6.23. The Morgan fingerprint density at radius 2 is 1.90 bits per heavy atom. The van der Waals surface area contributed by atoms with Gasteiger partial charge in [-0.3, -0.25) is 20.1 Å². The van der Waals surface area contributed by atoms with E-state index in [0.717, 1.165) is 16.0 Å². The van der Waals surface area contributed by atoms with Gasteiger partial charge in [-0.05, 0) is 24.1 Å². The SMILES string of the molecule is O=C(Nc1nnc(-c2ccncc2)o1)[C@H](Cc1ccccc1)NCc1cncs1. The second-order valence-corrected chi connectivity index (χ2v) is 7.20. The Kier molecular flexibility index (Phi) is 5.98. The molecule has 146 valence electrons. The highest BCUT2D eigenvalue weighted by atomic mass is 32.1. The lowest BCUT2D eigenvalue weighted by molar-refractivity contribution is -0.118. The molecule has 3 heterocycles. The first-order valence-corrected chi connectivity index (χ1v) is 9.85. The topological polar surface area (TPSA) is 106 Å². The molecule has 4 rings (SSSR count). The first-order chi connectivity index (χ1) is 14.3. The fraction of sp³-hybridized carbons (Fsp3) is 0.150. The van der Waals surface area contributed by atoms with Crippen LogP contribution in [0.1, 0.15) is 10.4 Å². The quantitative estimate of drug-likeness (QED) is 0.463. The second kappa shape index (κ2) is 9.18. The molecular weight excluding hydrogens is 388 g/mol. The minimum Gasteiger partial charge on any atom is -0.403 e. The standard InChI is InChI=1S/C20H18N6O2S/c27-18(24-20-26-25-19(28-20)15-6-8-21-9-7-15)17(10-14-4-2-1-3-5-14)23-12-16-11-22-13-29-16/h1-9,11,13,17,23H,10,12H2,(H,24,26,27)/t17-/m0/s1. The van der Waals surface area contributed by atoms with Crippen LogP contribution in [0.5, 0.6) is 0 Å². The van der Waals surface area contributed by atoms with Crippen molar-refractivity contribution < 1.29 is 9.21 Å². The molecule has 0 fully saturated rings. The summed E-state index contributed by atoms with van der Waals surface area (Å²) >= 11 is 1.54. The average molecular weight is 406 g/mol. The molecule has 0 saturated carbocycles. The van der Waals surface area contributed by atoms with Crippen LogP contribution in [0.3, 0.4) is 0 Å². The maximum absolute atomic E-state index is 12.9. The molecule has 9 heteroatoms. The molecule has 0 radical (unpaired) electrons. The van der Waals surface area contributed by atoms with E-state index in [1.807, 2.05) is 30.3 Å². The fourth-order valence-corrected chi connectivity index (χ4v) is 3.28. The Morgan fingerprint density at radius 1 is 1.07 bits per heavy atom. The number of nitrogens with zero attached hydrogens (tertiary/aromatic N) is 4. The van der Waals surface area contributed by atoms with E-state index in [1.165, 1.54) is 11.3 Å². The minimum absolute atomic E-state index is 0.0551. The van der Waals surface area contributed by atoms with Gasteiger partial charge in [0.2, 0.25) is 11.8 Å². The van der Waals surface area contributed by atoms with Crippen LogP contribution in [0.2, 0.25) is 0 Å². The molecule has 0 spiro atoms. The van der Waals surface area contributed by atoms with Crippen LogP contribution in [0.4, 0.5) is 6.01 Å².